The summed E-state index contributed by atoms with van der Waals surface area (Å²) in [5, 5.41) is 13.5. The summed E-state index contributed by atoms with van der Waals surface area (Å²) in [6.45, 7) is 0. The van der Waals surface area contributed by atoms with Crippen molar-refractivity contribution in [3.63, 3.8) is 0 Å². The third-order valence-corrected chi connectivity index (χ3v) is 2.79. The normalized spacial score (nSPS) is 10.7. The van der Waals surface area contributed by atoms with Gasteiger partial charge in [0.05, 0.1) is 11.1 Å². The van der Waals surface area contributed by atoms with Gasteiger partial charge in [-0.25, -0.2) is 4.39 Å². The average Bonchev–Trinajstić information content (AvgIpc) is 2.88. The number of nitrogen functional groups attached to an aromatic ring is 1. The lowest BCUT2D eigenvalue weighted by Crippen LogP contribution is -1.87. The first-order chi connectivity index (χ1) is 9.65. The number of halogens is 1. The van der Waals surface area contributed by atoms with Crippen molar-refractivity contribution in [2.24, 2.45) is 0 Å². The van der Waals surface area contributed by atoms with Gasteiger partial charge in [0.1, 0.15) is 11.6 Å². The maximum Gasteiger partial charge on any atom is 0.262 e. The molecule has 3 aromatic rings. The Hall–Kier alpha value is -2.89. The predicted octanol–water partition coefficient (Wildman–Crippen LogP) is 2.83. The molecule has 0 spiro atoms. The molecule has 0 fully saturated rings. The van der Waals surface area contributed by atoms with E-state index in [2.05, 4.69) is 10.1 Å². The summed E-state index contributed by atoms with van der Waals surface area (Å²) in [5.74, 6) is -0.301. The summed E-state index contributed by atoms with van der Waals surface area (Å²) < 4.78 is 18.7. The van der Waals surface area contributed by atoms with Gasteiger partial charge in [0, 0.05) is 11.8 Å². The van der Waals surface area contributed by atoms with Gasteiger partial charge in [-0.2, -0.15) is 4.98 Å². The van der Waals surface area contributed by atoms with Crippen LogP contribution in [-0.4, -0.2) is 15.2 Å². The number of aromatic hydroxyl groups is 1. The smallest absolute Gasteiger partial charge is 0.262 e. The van der Waals surface area contributed by atoms with Crippen molar-refractivity contribution in [2.75, 3.05) is 5.73 Å². The Morgan fingerprint density at radius 2 is 1.90 bits per heavy atom. The number of aromatic nitrogens is 2. The highest BCUT2D eigenvalue weighted by Crippen LogP contribution is 2.31. The van der Waals surface area contributed by atoms with Gasteiger partial charge in [-0.05, 0) is 24.3 Å². The van der Waals surface area contributed by atoms with Crippen molar-refractivity contribution in [1.29, 1.82) is 0 Å². The van der Waals surface area contributed by atoms with Crippen LogP contribution in [0.1, 0.15) is 0 Å². The number of hydrogen-bond acceptors (Lipinski definition) is 5. The molecule has 100 valence electrons. The molecule has 0 aliphatic carbocycles. The molecule has 1 aromatic heterocycles. The summed E-state index contributed by atoms with van der Waals surface area (Å²) in [7, 11) is 0. The zero-order valence-corrected chi connectivity index (χ0v) is 10.2. The fraction of sp³-hybridized carbons (Fsp3) is 0. The van der Waals surface area contributed by atoms with Crippen LogP contribution >= 0.6 is 0 Å². The van der Waals surface area contributed by atoms with E-state index in [1.165, 1.54) is 12.1 Å². The second-order valence-electron chi connectivity index (χ2n) is 4.18. The molecule has 0 amide bonds. The average molecular weight is 271 g/mol. The zero-order chi connectivity index (χ0) is 14.1. The van der Waals surface area contributed by atoms with Gasteiger partial charge in [0.25, 0.3) is 5.89 Å². The Kier molecular flexibility index (Phi) is 2.83. The number of anilines is 1. The van der Waals surface area contributed by atoms with E-state index in [1.54, 1.807) is 30.3 Å². The maximum absolute atomic E-state index is 13.6. The molecule has 0 bridgehead atoms. The zero-order valence-electron chi connectivity index (χ0n) is 10.2. The Labute approximate surface area is 113 Å². The van der Waals surface area contributed by atoms with Crippen molar-refractivity contribution in [1.82, 2.24) is 10.1 Å². The van der Waals surface area contributed by atoms with Crippen LogP contribution in [0.2, 0.25) is 0 Å². The number of rotatable bonds is 2. The van der Waals surface area contributed by atoms with E-state index in [-0.39, 0.29) is 23.0 Å². The highest BCUT2D eigenvalue weighted by molar-refractivity contribution is 5.68. The summed E-state index contributed by atoms with van der Waals surface area (Å²) in [4.78, 5) is 4.08. The third kappa shape index (κ3) is 2.07. The first-order valence-electron chi connectivity index (χ1n) is 5.82. The lowest BCUT2D eigenvalue weighted by atomic mass is 10.1. The summed E-state index contributed by atoms with van der Waals surface area (Å²) in [6.07, 6.45) is 0. The van der Waals surface area contributed by atoms with Crippen molar-refractivity contribution >= 4 is 5.69 Å². The minimum absolute atomic E-state index is 0.0752. The Bertz CT molecular complexity index is 771. The van der Waals surface area contributed by atoms with Crippen LogP contribution < -0.4 is 5.73 Å². The van der Waals surface area contributed by atoms with E-state index < -0.39 is 5.82 Å². The van der Waals surface area contributed by atoms with Gasteiger partial charge < -0.3 is 15.4 Å². The summed E-state index contributed by atoms with van der Waals surface area (Å²) in [5.41, 5.74) is 6.54. The van der Waals surface area contributed by atoms with Crippen LogP contribution in [0.5, 0.6) is 5.75 Å². The fourth-order valence-electron chi connectivity index (χ4n) is 1.81. The molecule has 1 heterocycles. The van der Waals surface area contributed by atoms with Gasteiger partial charge in [0.2, 0.25) is 5.82 Å². The lowest BCUT2D eigenvalue weighted by molar-refractivity contribution is 0.425. The second-order valence-corrected chi connectivity index (χ2v) is 4.18. The summed E-state index contributed by atoms with van der Waals surface area (Å²) in [6, 6.07) is 10.6. The number of nitrogens with two attached hydrogens (primary N) is 1. The molecular formula is C14H10FN3O2. The van der Waals surface area contributed by atoms with Crippen LogP contribution in [-0.2, 0) is 0 Å². The van der Waals surface area contributed by atoms with Gasteiger partial charge >= 0.3 is 0 Å². The summed E-state index contributed by atoms with van der Waals surface area (Å²) >= 11 is 0. The van der Waals surface area contributed by atoms with E-state index >= 15 is 0 Å². The van der Waals surface area contributed by atoms with Crippen molar-refractivity contribution in [3.8, 4) is 28.6 Å². The van der Waals surface area contributed by atoms with Crippen molar-refractivity contribution in [3.05, 3.63) is 48.3 Å². The molecule has 2 aromatic carbocycles. The van der Waals surface area contributed by atoms with E-state index in [1.807, 2.05) is 0 Å². The first kappa shape index (κ1) is 12.2. The van der Waals surface area contributed by atoms with Crippen LogP contribution in [0.25, 0.3) is 22.8 Å². The molecule has 0 unspecified atom stereocenters. The van der Waals surface area contributed by atoms with Gasteiger partial charge in [-0.15, -0.1) is 0 Å². The highest BCUT2D eigenvalue weighted by atomic mass is 19.1. The Morgan fingerprint density at radius 3 is 2.65 bits per heavy atom. The first-order valence-corrected chi connectivity index (χ1v) is 5.82. The topological polar surface area (TPSA) is 85.2 Å². The number of nitrogens with zero attached hydrogens (tertiary/aromatic N) is 2. The monoisotopic (exact) mass is 271 g/mol. The van der Waals surface area contributed by atoms with Crippen molar-refractivity contribution < 1.29 is 14.0 Å². The minimum atomic E-state index is -0.443. The van der Waals surface area contributed by atoms with E-state index in [0.717, 1.165) is 0 Å². The standard InChI is InChI=1S/C14H10FN3O2/c15-11-4-2-1-3-9(11)13-17-14(20-18-13)10-6-5-8(16)7-12(10)19/h1-7,19H,16H2. The largest absolute Gasteiger partial charge is 0.507 e. The van der Waals surface area contributed by atoms with Crippen LogP contribution in [0.15, 0.2) is 47.0 Å². The SMILES string of the molecule is Nc1ccc(-c2nc(-c3ccccc3F)no2)c(O)c1. The Balaban J connectivity index is 2.04. The second kappa shape index (κ2) is 4.65. The van der Waals surface area contributed by atoms with Gasteiger partial charge in [-0.3, -0.25) is 0 Å². The molecule has 5 nitrogen and oxygen atoms in total. The molecule has 0 atom stereocenters. The number of benzene rings is 2. The Morgan fingerprint density at radius 1 is 1.10 bits per heavy atom. The van der Waals surface area contributed by atoms with Crippen LogP contribution in [0, 0.1) is 5.82 Å². The number of phenolic OH excluding ortho intramolecular Hbond substituents is 1. The molecule has 0 saturated heterocycles. The van der Waals surface area contributed by atoms with Crippen LogP contribution in [0.3, 0.4) is 0 Å². The quantitative estimate of drug-likeness (QED) is 0.700. The number of hydrogen-bond donors (Lipinski definition) is 2. The minimum Gasteiger partial charge on any atom is -0.507 e. The molecule has 0 aliphatic rings. The molecule has 0 aliphatic heterocycles. The lowest BCUT2D eigenvalue weighted by Gasteiger charge is -1.99. The molecule has 6 heteroatoms. The van der Waals surface area contributed by atoms with Crippen LogP contribution in [0.4, 0.5) is 10.1 Å². The van der Waals surface area contributed by atoms with E-state index in [0.29, 0.717) is 11.3 Å². The van der Waals surface area contributed by atoms with E-state index in [9.17, 15) is 9.50 Å². The van der Waals surface area contributed by atoms with Gasteiger partial charge in [-0.1, -0.05) is 17.3 Å². The molecule has 20 heavy (non-hydrogen) atoms. The third-order valence-electron chi connectivity index (χ3n) is 2.79. The van der Waals surface area contributed by atoms with Gasteiger partial charge in [0.15, 0.2) is 0 Å². The molecule has 3 N–H and O–H groups in total. The molecule has 0 radical (unpaired) electrons. The molecule has 3 rings (SSSR count). The molecular weight excluding hydrogens is 261 g/mol. The van der Waals surface area contributed by atoms with E-state index in [4.69, 9.17) is 10.3 Å². The highest BCUT2D eigenvalue weighted by Gasteiger charge is 2.16. The molecule has 0 saturated carbocycles. The predicted molar refractivity (Wildman–Crippen MR) is 71.2 cm³/mol. The van der Waals surface area contributed by atoms with Crippen molar-refractivity contribution in [2.45, 2.75) is 0 Å². The fourth-order valence-corrected chi connectivity index (χ4v) is 1.81. The maximum atomic E-state index is 13.6. The number of phenols is 1.